The predicted molar refractivity (Wildman–Crippen MR) is 54.2 cm³/mol. The summed E-state index contributed by atoms with van der Waals surface area (Å²) in [5, 5.41) is 8.53. The van der Waals surface area contributed by atoms with Crippen LogP contribution in [0.15, 0.2) is 24.3 Å². The third-order valence-corrected chi connectivity index (χ3v) is 2.34. The van der Waals surface area contributed by atoms with Gasteiger partial charge >= 0.3 is 5.69 Å². The Labute approximate surface area is 102 Å². The van der Waals surface area contributed by atoms with Crippen molar-refractivity contribution >= 4 is 11.4 Å². The molecular weight excluding hydrogens is 244 g/mol. The zero-order chi connectivity index (χ0) is 9.80. The first-order chi connectivity index (χ1) is 6.90. The van der Waals surface area contributed by atoms with Crippen molar-refractivity contribution < 1.29 is 24.2 Å². The SMILES string of the molecule is N#[N+]c1ccc(N2CCOCC2)cc1.[Zn]. The fourth-order valence-electron chi connectivity index (χ4n) is 1.55. The molecule has 1 aromatic rings. The van der Waals surface area contributed by atoms with Crippen molar-refractivity contribution in [2.45, 2.75) is 0 Å². The number of ether oxygens (including phenoxy) is 1. The minimum absolute atomic E-state index is 0. The van der Waals surface area contributed by atoms with Gasteiger partial charge in [0.25, 0.3) is 0 Å². The van der Waals surface area contributed by atoms with Gasteiger partial charge in [0.15, 0.2) is 4.98 Å². The predicted octanol–water partition coefficient (Wildman–Crippen LogP) is 2.01. The third kappa shape index (κ3) is 2.99. The minimum atomic E-state index is 0. The molecule has 0 unspecified atom stereocenters. The monoisotopic (exact) mass is 254 g/mol. The molecule has 1 aliphatic rings. The standard InChI is InChI=1S/C10H12N3O.Zn/c11-12-9-1-3-10(4-2-9)13-5-7-14-8-6-13;/h1-4H,5-8H2;/q+1;. The van der Waals surface area contributed by atoms with Crippen LogP contribution in [0, 0.1) is 5.39 Å². The topological polar surface area (TPSA) is 40.6 Å². The zero-order valence-electron chi connectivity index (χ0n) is 8.59. The molecule has 1 heterocycles. The van der Waals surface area contributed by atoms with Crippen LogP contribution in [0.1, 0.15) is 0 Å². The molecule has 0 amide bonds. The fraction of sp³-hybridized carbons (Fsp3) is 0.400. The maximum Gasteiger partial charge on any atom is 0.385 e. The van der Waals surface area contributed by atoms with E-state index in [9.17, 15) is 0 Å². The second-order valence-electron chi connectivity index (χ2n) is 3.22. The molecule has 0 bridgehead atoms. The van der Waals surface area contributed by atoms with E-state index < -0.39 is 0 Å². The fourth-order valence-corrected chi connectivity index (χ4v) is 1.55. The Morgan fingerprint density at radius 2 is 1.73 bits per heavy atom. The number of rotatable bonds is 1. The molecule has 0 saturated carbocycles. The molecule has 1 aliphatic heterocycles. The average molecular weight is 256 g/mol. The first-order valence-corrected chi connectivity index (χ1v) is 4.68. The van der Waals surface area contributed by atoms with Gasteiger partial charge in [-0.2, -0.15) is 0 Å². The molecule has 5 heteroatoms. The molecular formula is C10H12N3OZn+. The van der Waals surface area contributed by atoms with Crippen molar-refractivity contribution in [1.29, 1.82) is 5.39 Å². The Hall–Kier alpha value is -0.977. The maximum absolute atomic E-state index is 8.53. The number of hydrogen-bond donors (Lipinski definition) is 0. The number of benzene rings is 1. The van der Waals surface area contributed by atoms with E-state index in [4.69, 9.17) is 10.1 Å². The number of hydrogen-bond acceptors (Lipinski definition) is 3. The van der Waals surface area contributed by atoms with E-state index in [1.165, 1.54) is 0 Å². The van der Waals surface area contributed by atoms with Gasteiger partial charge in [-0.1, -0.05) is 0 Å². The number of diazo groups is 1. The summed E-state index contributed by atoms with van der Waals surface area (Å²) >= 11 is 0. The Balaban J connectivity index is 0.00000112. The summed E-state index contributed by atoms with van der Waals surface area (Å²) in [6.07, 6.45) is 0. The van der Waals surface area contributed by atoms with Crippen molar-refractivity contribution in [3.8, 4) is 0 Å². The molecule has 0 aromatic heterocycles. The van der Waals surface area contributed by atoms with Gasteiger partial charge < -0.3 is 9.64 Å². The first-order valence-electron chi connectivity index (χ1n) is 4.68. The molecule has 0 N–H and O–H groups in total. The van der Waals surface area contributed by atoms with Crippen molar-refractivity contribution in [2.24, 2.45) is 0 Å². The van der Waals surface area contributed by atoms with Crippen LogP contribution >= 0.6 is 0 Å². The molecule has 0 atom stereocenters. The molecule has 0 radical (unpaired) electrons. The molecule has 4 nitrogen and oxygen atoms in total. The maximum atomic E-state index is 8.53. The number of morpholine rings is 1. The van der Waals surface area contributed by atoms with Gasteiger partial charge in [0.2, 0.25) is 5.39 Å². The van der Waals surface area contributed by atoms with Crippen molar-refractivity contribution in [1.82, 2.24) is 0 Å². The van der Waals surface area contributed by atoms with E-state index >= 15 is 0 Å². The van der Waals surface area contributed by atoms with Gasteiger partial charge in [-0.05, 0) is 12.1 Å². The Morgan fingerprint density at radius 1 is 1.13 bits per heavy atom. The van der Waals surface area contributed by atoms with Crippen molar-refractivity contribution in [3.05, 3.63) is 29.2 Å². The molecule has 74 valence electrons. The summed E-state index contributed by atoms with van der Waals surface area (Å²) in [5.41, 5.74) is 1.74. The van der Waals surface area contributed by atoms with E-state index in [2.05, 4.69) is 9.88 Å². The van der Waals surface area contributed by atoms with Crippen molar-refractivity contribution in [2.75, 3.05) is 31.2 Å². The molecule has 0 spiro atoms. The van der Waals surface area contributed by atoms with E-state index in [0.29, 0.717) is 5.69 Å². The number of nitrogens with zero attached hydrogens (tertiary/aromatic N) is 3. The third-order valence-electron chi connectivity index (χ3n) is 2.34. The Kier molecular flexibility index (Phi) is 4.67. The zero-order valence-corrected chi connectivity index (χ0v) is 11.6. The van der Waals surface area contributed by atoms with Crippen LogP contribution in [0.3, 0.4) is 0 Å². The summed E-state index contributed by atoms with van der Waals surface area (Å²) in [5.74, 6) is 0. The molecule has 1 aromatic carbocycles. The van der Waals surface area contributed by atoms with E-state index in [0.717, 1.165) is 32.0 Å². The smallest absolute Gasteiger partial charge is 0.378 e. The van der Waals surface area contributed by atoms with Gasteiger partial charge in [0.1, 0.15) is 0 Å². The minimum Gasteiger partial charge on any atom is -0.378 e. The van der Waals surface area contributed by atoms with Crippen LogP contribution in [0.4, 0.5) is 11.4 Å². The van der Waals surface area contributed by atoms with Gasteiger partial charge in [-0.15, -0.1) is 0 Å². The normalized spacial score (nSPS) is 15.3. The summed E-state index contributed by atoms with van der Waals surface area (Å²) in [6.45, 7) is 3.42. The summed E-state index contributed by atoms with van der Waals surface area (Å²) in [7, 11) is 0. The van der Waals surface area contributed by atoms with Gasteiger partial charge in [0.05, 0.1) is 13.2 Å². The molecule has 0 aliphatic carbocycles. The second-order valence-corrected chi connectivity index (χ2v) is 3.22. The summed E-state index contributed by atoms with van der Waals surface area (Å²) < 4.78 is 5.27. The molecule has 2 rings (SSSR count). The first kappa shape index (κ1) is 12.1. The number of anilines is 1. The largest absolute Gasteiger partial charge is 0.385 e. The van der Waals surface area contributed by atoms with E-state index in [1.807, 2.05) is 12.1 Å². The van der Waals surface area contributed by atoms with Crippen LogP contribution in [-0.4, -0.2) is 26.3 Å². The quantitative estimate of drug-likeness (QED) is 0.569. The van der Waals surface area contributed by atoms with Crippen LogP contribution in [0.25, 0.3) is 4.98 Å². The van der Waals surface area contributed by atoms with Crippen LogP contribution in [0.2, 0.25) is 0 Å². The van der Waals surface area contributed by atoms with Gasteiger partial charge in [0, 0.05) is 50.4 Å². The second kappa shape index (κ2) is 5.80. The van der Waals surface area contributed by atoms with Crippen LogP contribution in [0.5, 0.6) is 0 Å². The van der Waals surface area contributed by atoms with E-state index in [-0.39, 0.29) is 19.5 Å². The summed E-state index contributed by atoms with van der Waals surface area (Å²) in [6, 6.07) is 7.51. The Bertz CT molecular complexity index is 341. The van der Waals surface area contributed by atoms with E-state index in [1.54, 1.807) is 12.1 Å². The van der Waals surface area contributed by atoms with Gasteiger partial charge in [-0.3, -0.25) is 0 Å². The van der Waals surface area contributed by atoms with Gasteiger partial charge in [-0.25, -0.2) is 0 Å². The average Bonchev–Trinajstić information content (AvgIpc) is 2.30. The van der Waals surface area contributed by atoms with Crippen molar-refractivity contribution in [3.63, 3.8) is 0 Å². The molecule has 15 heavy (non-hydrogen) atoms. The van der Waals surface area contributed by atoms with Crippen LogP contribution < -0.4 is 4.90 Å². The van der Waals surface area contributed by atoms with Crippen LogP contribution in [-0.2, 0) is 24.2 Å². The summed E-state index contributed by atoms with van der Waals surface area (Å²) in [4.78, 5) is 5.37. The Morgan fingerprint density at radius 3 is 2.27 bits per heavy atom. The molecule has 1 fully saturated rings. The molecule has 1 saturated heterocycles.